The highest BCUT2D eigenvalue weighted by molar-refractivity contribution is 6.41. The maximum absolute atomic E-state index is 12.7. The van der Waals surface area contributed by atoms with Gasteiger partial charge in [0.05, 0.1) is 5.57 Å². The van der Waals surface area contributed by atoms with Crippen LogP contribution in [0.1, 0.15) is 48.9 Å². The van der Waals surface area contributed by atoms with E-state index in [1.165, 1.54) is 11.1 Å². The number of carbonyl (C=O) groups is 2. The molecule has 0 unspecified atom stereocenters. The van der Waals surface area contributed by atoms with Gasteiger partial charge < -0.3 is 0 Å². The van der Waals surface area contributed by atoms with Gasteiger partial charge in [-0.05, 0) is 28.3 Å². The largest absolute Gasteiger partial charge is 0.288 e. The molecule has 0 heterocycles. The molecular weight excluding hydrogens is 380 g/mol. The molecule has 1 aliphatic carbocycles. The van der Waals surface area contributed by atoms with Gasteiger partial charge in [0.15, 0.2) is 11.6 Å². The van der Waals surface area contributed by atoms with Crippen molar-refractivity contribution in [2.45, 2.75) is 5.92 Å². The fourth-order valence-corrected chi connectivity index (χ4v) is 4.22. The Hall–Kier alpha value is -4.04. The van der Waals surface area contributed by atoms with Gasteiger partial charge in [-0.3, -0.25) is 9.59 Å². The predicted molar refractivity (Wildman–Crippen MR) is 123 cm³/mol. The van der Waals surface area contributed by atoms with E-state index in [-0.39, 0.29) is 23.1 Å². The minimum Gasteiger partial charge on any atom is -0.288 e. The molecular formula is C29H20O2. The van der Waals surface area contributed by atoms with Gasteiger partial charge >= 0.3 is 0 Å². The van der Waals surface area contributed by atoms with E-state index >= 15 is 0 Å². The van der Waals surface area contributed by atoms with E-state index in [1.54, 1.807) is 30.3 Å². The van der Waals surface area contributed by atoms with Crippen LogP contribution in [0.5, 0.6) is 0 Å². The van der Waals surface area contributed by atoms with Crippen molar-refractivity contribution >= 4 is 17.6 Å². The van der Waals surface area contributed by atoms with Crippen molar-refractivity contribution in [3.05, 3.63) is 148 Å². The van der Waals surface area contributed by atoms with Gasteiger partial charge in [0, 0.05) is 17.0 Å². The number of rotatable bonds is 4. The van der Waals surface area contributed by atoms with Gasteiger partial charge in [-0.2, -0.15) is 0 Å². The van der Waals surface area contributed by atoms with Crippen LogP contribution >= 0.6 is 0 Å². The lowest BCUT2D eigenvalue weighted by Crippen LogP contribution is -2.03. The van der Waals surface area contributed by atoms with E-state index < -0.39 is 0 Å². The van der Waals surface area contributed by atoms with E-state index in [9.17, 15) is 9.59 Å². The number of allylic oxidation sites excluding steroid dienone is 1. The lowest BCUT2D eigenvalue weighted by Gasteiger charge is -2.19. The minimum atomic E-state index is -0.198. The van der Waals surface area contributed by atoms with Gasteiger partial charge in [-0.1, -0.05) is 109 Å². The topological polar surface area (TPSA) is 34.1 Å². The summed E-state index contributed by atoms with van der Waals surface area (Å²) in [7, 11) is 0. The molecule has 0 atom stereocenters. The van der Waals surface area contributed by atoms with Crippen molar-refractivity contribution in [1.82, 2.24) is 0 Å². The van der Waals surface area contributed by atoms with Crippen LogP contribution in [0, 0.1) is 0 Å². The first-order chi connectivity index (χ1) is 15.2. The highest BCUT2D eigenvalue weighted by Crippen LogP contribution is 2.33. The SMILES string of the molecule is O=C1C(=Cc2ccc(C(c3ccccc3)c3ccccc3)cc2)C(=O)c2ccccc21. The number of benzene rings is 4. The number of hydrogen-bond acceptors (Lipinski definition) is 2. The molecule has 0 saturated heterocycles. The van der Waals surface area contributed by atoms with Crippen LogP contribution in [0.2, 0.25) is 0 Å². The van der Waals surface area contributed by atoms with Gasteiger partial charge in [0.2, 0.25) is 0 Å². The van der Waals surface area contributed by atoms with Gasteiger partial charge in [0.1, 0.15) is 0 Å². The second kappa shape index (κ2) is 8.00. The molecule has 148 valence electrons. The Balaban J connectivity index is 1.50. The zero-order valence-corrected chi connectivity index (χ0v) is 16.9. The molecule has 2 nitrogen and oxygen atoms in total. The van der Waals surface area contributed by atoms with E-state index in [0.29, 0.717) is 11.1 Å². The molecule has 0 fully saturated rings. The quantitative estimate of drug-likeness (QED) is 0.228. The Bertz CT molecular complexity index is 1210. The maximum Gasteiger partial charge on any atom is 0.197 e. The zero-order valence-electron chi connectivity index (χ0n) is 16.9. The Morgan fingerprint density at radius 2 is 0.903 bits per heavy atom. The van der Waals surface area contributed by atoms with Crippen LogP contribution in [0.15, 0.2) is 115 Å². The van der Waals surface area contributed by atoms with Crippen LogP contribution < -0.4 is 0 Å². The van der Waals surface area contributed by atoms with Crippen LogP contribution in [-0.2, 0) is 0 Å². The summed E-state index contributed by atoms with van der Waals surface area (Å²) in [5, 5.41) is 0. The van der Waals surface area contributed by atoms with Crippen molar-refractivity contribution in [3.8, 4) is 0 Å². The molecule has 0 saturated carbocycles. The molecule has 0 aromatic heterocycles. The summed E-state index contributed by atoms with van der Waals surface area (Å²) in [6.45, 7) is 0. The summed E-state index contributed by atoms with van der Waals surface area (Å²) in [5.74, 6) is -0.282. The van der Waals surface area contributed by atoms with Crippen molar-refractivity contribution in [1.29, 1.82) is 0 Å². The Labute approximate surface area is 181 Å². The summed E-state index contributed by atoms with van der Waals surface area (Å²) in [5.41, 5.74) is 5.65. The van der Waals surface area contributed by atoms with Crippen molar-refractivity contribution in [2.75, 3.05) is 0 Å². The molecule has 4 aromatic carbocycles. The molecule has 0 N–H and O–H groups in total. The number of ketones is 2. The molecule has 2 heteroatoms. The van der Waals surface area contributed by atoms with Crippen molar-refractivity contribution in [3.63, 3.8) is 0 Å². The first-order valence-corrected chi connectivity index (χ1v) is 10.3. The molecule has 0 amide bonds. The smallest absolute Gasteiger partial charge is 0.197 e. The summed E-state index contributed by atoms with van der Waals surface area (Å²) >= 11 is 0. The van der Waals surface area contributed by atoms with Gasteiger partial charge in [-0.15, -0.1) is 0 Å². The second-order valence-electron chi connectivity index (χ2n) is 7.68. The van der Waals surface area contributed by atoms with Gasteiger partial charge in [0.25, 0.3) is 0 Å². The third kappa shape index (κ3) is 3.53. The normalized spacial score (nSPS) is 12.9. The molecule has 0 spiro atoms. The van der Waals surface area contributed by atoms with Crippen molar-refractivity contribution < 1.29 is 9.59 Å². The summed E-state index contributed by atoms with van der Waals surface area (Å²) in [4.78, 5) is 25.3. The third-order valence-corrected chi connectivity index (χ3v) is 5.75. The van der Waals surface area contributed by atoms with Crippen molar-refractivity contribution in [2.24, 2.45) is 0 Å². The van der Waals surface area contributed by atoms with Gasteiger partial charge in [-0.25, -0.2) is 0 Å². The Morgan fingerprint density at radius 3 is 1.39 bits per heavy atom. The standard InChI is InChI=1S/C29H20O2/c30-28-24-13-7-8-14-25(24)29(31)26(28)19-20-15-17-23(18-16-20)27(21-9-3-1-4-10-21)22-11-5-2-6-12-22/h1-19,27H. The summed E-state index contributed by atoms with van der Waals surface area (Å²) < 4.78 is 0. The van der Waals surface area contributed by atoms with Crippen LogP contribution in [0.4, 0.5) is 0 Å². The lowest BCUT2D eigenvalue weighted by molar-refractivity contribution is 0.0990. The monoisotopic (exact) mass is 400 g/mol. The molecule has 0 radical (unpaired) electrons. The number of hydrogen-bond donors (Lipinski definition) is 0. The Morgan fingerprint density at radius 1 is 0.484 bits per heavy atom. The summed E-state index contributed by atoms with van der Waals surface area (Å²) in [6.07, 6.45) is 1.70. The minimum absolute atomic E-state index is 0.114. The first kappa shape index (κ1) is 19.0. The zero-order chi connectivity index (χ0) is 21.2. The Kier molecular flexibility index (Phi) is 4.89. The molecule has 1 aliphatic rings. The average molecular weight is 400 g/mol. The number of Topliss-reactive ketones (excluding diaryl/α,β-unsaturated/α-hetero) is 2. The molecule has 5 rings (SSSR count). The maximum atomic E-state index is 12.7. The van der Waals surface area contributed by atoms with E-state index in [0.717, 1.165) is 11.1 Å². The second-order valence-corrected chi connectivity index (χ2v) is 7.68. The number of carbonyl (C=O) groups excluding carboxylic acids is 2. The number of fused-ring (bicyclic) bond motifs is 1. The molecule has 4 aromatic rings. The highest BCUT2D eigenvalue weighted by Gasteiger charge is 2.32. The van der Waals surface area contributed by atoms with E-state index in [4.69, 9.17) is 0 Å². The molecule has 0 aliphatic heterocycles. The molecule has 0 bridgehead atoms. The third-order valence-electron chi connectivity index (χ3n) is 5.75. The van der Waals surface area contributed by atoms with E-state index in [1.807, 2.05) is 24.3 Å². The predicted octanol–water partition coefficient (Wildman–Crippen LogP) is 6.33. The van der Waals surface area contributed by atoms with Crippen LogP contribution in [0.3, 0.4) is 0 Å². The first-order valence-electron chi connectivity index (χ1n) is 10.3. The highest BCUT2D eigenvalue weighted by atomic mass is 16.2. The lowest BCUT2D eigenvalue weighted by atomic mass is 9.85. The summed E-state index contributed by atoms with van der Waals surface area (Å²) in [6, 6.07) is 35.9. The fourth-order valence-electron chi connectivity index (χ4n) is 4.22. The van der Waals surface area contributed by atoms with E-state index in [2.05, 4.69) is 60.7 Å². The molecule has 31 heavy (non-hydrogen) atoms. The van der Waals surface area contributed by atoms with Crippen LogP contribution in [0.25, 0.3) is 6.08 Å². The van der Waals surface area contributed by atoms with Crippen LogP contribution in [-0.4, -0.2) is 11.6 Å². The average Bonchev–Trinajstić information content (AvgIpc) is 3.07. The fraction of sp³-hybridized carbons (Fsp3) is 0.0345.